The number of nitrogens with one attached hydrogen (secondary N) is 1. The number of H-pyrrole nitrogens is 1. The predicted molar refractivity (Wildman–Crippen MR) is 70.5 cm³/mol. The van der Waals surface area contributed by atoms with Crippen LogP contribution in [0.5, 0.6) is 0 Å². The summed E-state index contributed by atoms with van der Waals surface area (Å²) in [6.45, 7) is 1.51. The average molecular weight is 297 g/mol. The summed E-state index contributed by atoms with van der Waals surface area (Å²) in [5.41, 5.74) is 5.77. The van der Waals surface area contributed by atoms with Gasteiger partial charge in [-0.25, -0.2) is 4.79 Å². The number of ether oxygens (including phenoxy) is 1. The SMILES string of the molecule is CC[C@@]1(CN=[N+]=[N-])O[C@@H](n2ccc(=O)[nH]c2=O)[C@@H](O)C1O. The van der Waals surface area contributed by atoms with Gasteiger partial charge >= 0.3 is 5.69 Å². The van der Waals surface area contributed by atoms with E-state index in [4.69, 9.17) is 10.3 Å². The van der Waals surface area contributed by atoms with Crippen molar-refractivity contribution >= 4 is 0 Å². The molecule has 4 atom stereocenters. The van der Waals surface area contributed by atoms with Crippen LogP contribution in [0.3, 0.4) is 0 Å². The molecule has 2 rings (SSSR count). The molecule has 0 aromatic carbocycles. The van der Waals surface area contributed by atoms with E-state index in [9.17, 15) is 19.8 Å². The third-order valence-corrected chi connectivity index (χ3v) is 3.64. The molecule has 10 nitrogen and oxygen atoms in total. The Morgan fingerprint density at radius 1 is 1.57 bits per heavy atom. The Labute approximate surface area is 118 Å². The van der Waals surface area contributed by atoms with Crippen molar-refractivity contribution in [2.24, 2.45) is 5.11 Å². The lowest BCUT2D eigenvalue weighted by molar-refractivity contribution is -0.101. The van der Waals surface area contributed by atoms with E-state index in [2.05, 4.69) is 10.0 Å². The molecule has 2 heterocycles. The van der Waals surface area contributed by atoms with E-state index < -0.39 is 35.3 Å². The van der Waals surface area contributed by atoms with Crippen molar-refractivity contribution in [3.05, 3.63) is 43.5 Å². The molecule has 0 radical (unpaired) electrons. The van der Waals surface area contributed by atoms with E-state index >= 15 is 0 Å². The van der Waals surface area contributed by atoms with E-state index in [1.165, 1.54) is 6.20 Å². The molecule has 1 unspecified atom stereocenters. The first-order valence-corrected chi connectivity index (χ1v) is 6.31. The molecule has 1 aromatic rings. The van der Waals surface area contributed by atoms with E-state index in [0.29, 0.717) is 0 Å². The van der Waals surface area contributed by atoms with Gasteiger partial charge in [0, 0.05) is 17.2 Å². The second-order valence-corrected chi connectivity index (χ2v) is 4.77. The predicted octanol–water partition coefficient (Wildman–Crippen LogP) is -0.754. The molecule has 1 aromatic heterocycles. The Kier molecular flexibility index (Phi) is 4.14. The van der Waals surface area contributed by atoms with Crippen molar-refractivity contribution in [1.29, 1.82) is 0 Å². The lowest BCUT2D eigenvalue weighted by Gasteiger charge is -2.28. The van der Waals surface area contributed by atoms with Crippen molar-refractivity contribution in [2.75, 3.05) is 6.54 Å². The van der Waals surface area contributed by atoms with Gasteiger partial charge in [0.1, 0.15) is 17.8 Å². The van der Waals surface area contributed by atoms with Gasteiger partial charge in [0.25, 0.3) is 5.56 Å². The molecule has 3 N–H and O–H groups in total. The highest BCUT2D eigenvalue weighted by Gasteiger charge is 2.53. The zero-order valence-electron chi connectivity index (χ0n) is 11.2. The largest absolute Gasteiger partial charge is 0.387 e. The fraction of sp³-hybridized carbons (Fsp3) is 0.636. The molecular formula is C11H15N5O5. The lowest BCUT2D eigenvalue weighted by Crippen LogP contribution is -2.45. The van der Waals surface area contributed by atoms with Crippen LogP contribution in [0.15, 0.2) is 27.0 Å². The minimum Gasteiger partial charge on any atom is -0.387 e. The molecule has 0 aliphatic carbocycles. The van der Waals surface area contributed by atoms with Crippen LogP contribution >= 0.6 is 0 Å². The second-order valence-electron chi connectivity index (χ2n) is 4.77. The van der Waals surface area contributed by atoms with Crippen LogP contribution in [0.4, 0.5) is 0 Å². The molecule has 10 heteroatoms. The number of nitrogens with zero attached hydrogens (tertiary/aromatic N) is 4. The third kappa shape index (κ3) is 2.57. The Morgan fingerprint density at radius 3 is 2.86 bits per heavy atom. The Hall–Kier alpha value is -2.13. The molecule has 0 saturated carbocycles. The normalized spacial score (nSPS) is 31.9. The van der Waals surface area contributed by atoms with Gasteiger partial charge < -0.3 is 14.9 Å². The molecule has 21 heavy (non-hydrogen) atoms. The number of aliphatic hydroxyl groups is 2. The van der Waals surface area contributed by atoms with Gasteiger partial charge in [0.2, 0.25) is 0 Å². The molecule has 1 aliphatic heterocycles. The summed E-state index contributed by atoms with van der Waals surface area (Å²) < 4.78 is 6.58. The van der Waals surface area contributed by atoms with E-state index in [-0.39, 0.29) is 13.0 Å². The number of aliphatic hydroxyl groups excluding tert-OH is 2. The van der Waals surface area contributed by atoms with Crippen molar-refractivity contribution < 1.29 is 14.9 Å². The molecule has 0 spiro atoms. The monoisotopic (exact) mass is 297 g/mol. The fourth-order valence-electron chi connectivity index (χ4n) is 2.38. The van der Waals surface area contributed by atoms with E-state index in [0.717, 1.165) is 10.6 Å². The topological polar surface area (TPSA) is 153 Å². The van der Waals surface area contributed by atoms with Crippen LogP contribution < -0.4 is 11.2 Å². The maximum absolute atomic E-state index is 11.7. The number of rotatable bonds is 4. The van der Waals surface area contributed by atoms with Crippen molar-refractivity contribution in [2.45, 2.75) is 37.4 Å². The third-order valence-electron chi connectivity index (χ3n) is 3.64. The highest BCUT2D eigenvalue weighted by Crippen LogP contribution is 2.39. The summed E-state index contributed by atoms with van der Waals surface area (Å²) in [6, 6.07) is 1.10. The fourth-order valence-corrected chi connectivity index (χ4v) is 2.38. The van der Waals surface area contributed by atoms with Crippen molar-refractivity contribution in [1.82, 2.24) is 9.55 Å². The van der Waals surface area contributed by atoms with Crippen LogP contribution in [-0.2, 0) is 4.74 Å². The lowest BCUT2D eigenvalue weighted by atomic mass is 9.92. The molecule has 1 saturated heterocycles. The zero-order valence-corrected chi connectivity index (χ0v) is 11.2. The zero-order chi connectivity index (χ0) is 15.6. The Balaban J connectivity index is 2.41. The molecular weight excluding hydrogens is 282 g/mol. The molecule has 0 amide bonds. The van der Waals surface area contributed by atoms with Gasteiger partial charge in [-0.1, -0.05) is 12.0 Å². The number of azide groups is 1. The molecule has 114 valence electrons. The van der Waals surface area contributed by atoms with Crippen molar-refractivity contribution in [3.8, 4) is 0 Å². The number of aromatic amines is 1. The highest BCUT2D eigenvalue weighted by atomic mass is 16.6. The molecule has 1 aliphatic rings. The van der Waals surface area contributed by atoms with E-state index in [1.54, 1.807) is 6.92 Å². The molecule has 1 fully saturated rings. The summed E-state index contributed by atoms with van der Waals surface area (Å²) in [4.78, 5) is 27.4. The van der Waals surface area contributed by atoms with E-state index in [1.807, 2.05) is 4.98 Å². The summed E-state index contributed by atoms with van der Waals surface area (Å²) >= 11 is 0. The van der Waals surface area contributed by atoms with Crippen LogP contribution in [0, 0.1) is 0 Å². The van der Waals surface area contributed by atoms with Gasteiger partial charge in [0.15, 0.2) is 6.23 Å². The number of hydrogen-bond donors (Lipinski definition) is 3. The number of aromatic nitrogens is 2. The minimum absolute atomic E-state index is 0.188. The average Bonchev–Trinajstić information content (AvgIpc) is 2.71. The maximum Gasteiger partial charge on any atom is 0.330 e. The van der Waals surface area contributed by atoms with Gasteiger partial charge in [-0.05, 0) is 12.0 Å². The smallest absolute Gasteiger partial charge is 0.330 e. The quantitative estimate of drug-likeness (QED) is 0.379. The summed E-state index contributed by atoms with van der Waals surface area (Å²) in [5.74, 6) is 0. The Morgan fingerprint density at radius 2 is 2.29 bits per heavy atom. The highest BCUT2D eigenvalue weighted by molar-refractivity contribution is 5.02. The van der Waals surface area contributed by atoms with Crippen LogP contribution in [0.25, 0.3) is 10.4 Å². The van der Waals surface area contributed by atoms with Crippen LogP contribution in [-0.4, -0.2) is 44.1 Å². The second kappa shape index (κ2) is 5.70. The van der Waals surface area contributed by atoms with Gasteiger partial charge in [-0.15, -0.1) is 0 Å². The van der Waals surface area contributed by atoms with Crippen molar-refractivity contribution in [3.63, 3.8) is 0 Å². The van der Waals surface area contributed by atoms with Gasteiger partial charge in [-0.2, -0.15) is 0 Å². The van der Waals surface area contributed by atoms with Gasteiger partial charge in [0.05, 0.1) is 6.54 Å². The number of hydrogen-bond acceptors (Lipinski definition) is 6. The first-order chi connectivity index (χ1) is 9.95. The maximum atomic E-state index is 11.7. The Bertz CT molecular complexity index is 678. The summed E-state index contributed by atoms with van der Waals surface area (Å²) in [6.07, 6.45) is -2.49. The minimum atomic E-state index is -1.40. The van der Waals surface area contributed by atoms with Gasteiger partial charge in [-0.3, -0.25) is 14.3 Å². The molecule has 0 bridgehead atoms. The van der Waals surface area contributed by atoms with Crippen LogP contribution in [0.1, 0.15) is 19.6 Å². The summed E-state index contributed by atoms with van der Waals surface area (Å²) in [7, 11) is 0. The van der Waals surface area contributed by atoms with Crippen LogP contribution in [0.2, 0.25) is 0 Å². The standard InChI is InChI=1S/C11H15N5O5/c1-2-11(5-13-15-12)8(19)7(18)9(21-11)16-4-3-6(17)14-10(16)20/h3-4,7-9,18-19H,2,5H2,1H3,(H,14,17,20)/t7-,8?,9+,11-/m0/s1. The summed E-state index contributed by atoms with van der Waals surface area (Å²) in [5, 5.41) is 23.7. The first-order valence-electron chi connectivity index (χ1n) is 6.31. The first kappa shape index (κ1) is 15.3.